The highest BCUT2D eigenvalue weighted by Gasteiger charge is 2.20. The van der Waals surface area contributed by atoms with Crippen LogP contribution in [0.5, 0.6) is 0 Å². The standard InChI is InChI=1S/C14H15N3O2/c1-2-7-16-13-4-3-10(17(18)19)8-11(13)12-9-15-6-5-14(12)16/h2-4,8,15H,1,5-7,9H2. The van der Waals surface area contributed by atoms with E-state index in [0.717, 1.165) is 37.0 Å². The number of benzene rings is 1. The highest BCUT2D eigenvalue weighted by molar-refractivity contribution is 5.88. The predicted octanol–water partition coefficient (Wildman–Crippen LogP) is 2.38. The normalized spacial score (nSPS) is 14.3. The minimum Gasteiger partial charge on any atom is -0.340 e. The molecule has 1 aromatic heterocycles. The van der Waals surface area contributed by atoms with Gasteiger partial charge in [0.2, 0.25) is 0 Å². The molecule has 0 atom stereocenters. The third-order valence-electron chi connectivity index (χ3n) is 3.63. The van der Waals surface area contributed by atoms with Gasteiger partial charge in [0, 0.05) is 54.8 Å². The maximum atomic E-state index is 10.9. The Morgan fingerprint density at radius 1 is 1.53 bits per heavy atom. The number of rotatable bonds is 3. The zero-order valence-corrected chi connectivity index (χ0v) is 10.6. The van der Waals surface area contributed by atoms with E-state index in [0.29, 0.717) is 0 Å². The van der Waals surface area contributed by atoms with Crippen molar-refractivity contribution in [3.63, 3.8) is 0 Å². The number of hydrogen-bond acceptors (Lipinski definition) is 3. The first kappa shape index (κ1) is 11.9. The van der Waals surface area contributed by atoms with Gasteiger partial charge < -0.3 is 9.88 Å². The first-order valence-corrected chi connectivity index (χ1v) is 6.32. The summed E-state index contributed by atoms with van der Waals surface area (Å²) < 4.78 is 2.21. The molecular formula is C14H15N3O2. The monoisotopic (exact) mass is 257 g/mol. The number of nitro benzene ring substituents is 1. The van der Waals surface area contributed by atoms with E-state index in [4.69, 9.17) is 0 Å². The number of nitro groups is 1. The summed E-state index contributed by atoms with van der Waals surface area (Å²) in [5.41, 5.74) is 3.66. The van der Waals surface area contributed by atoms with Crippen LogP contribution in [0.4, 0.5) is 5.69 Å². The van der Waals surface area contributed by atoms with Gasteiger partial charge >= 0.3 is 0 Å². The van der Waals surface area contributed by atoms with Gasteiger partial charge in [-0.15, -0.1) is 6.58 Å². The molecule has 1 aromatic carbocycles. The summed E-state index contributed by atoms with van der Waals surface area (Å²) in [6.45, 7) is 6.25. The van der Waals surface area contributed by atoms with Crippen molar-refractivity contribution in [2.24, 2.45) is 0 Å². The van der Waals surface area contributed by atoms with Crippen LogP contribution in [0.25, 0.3) is 10.9 Å². The molecule has 0 saturated carbocycles. The first-order chi connectivity index (χ1) is 9.22. The molecule has 1 aliphatic rings. The van der Waals surface area contributed by atoms with E-state index in [1.54, 1.807) is 12.1 Å². The van der Waals surface area contributed by atoms with Crippen LogP contribution in [-0.2, 0) is 19.5 Å². The Labute approximate surface area is 110 Å². The Kier molecular flexibility index (Phi) is 2.83. The Morgan fingerprint density at radius 2 is 2.37 bits per heavy atom. The van der Waals surface area contributed by atoms with Crippen LogP contribution in [0.1, 0.15) is 11.3 Å². The molecule has 5 heteroatoms. The fraction of sp³-hybridized carbons (Fsp3) is 0.286. The number of allylic oxidation sites excluding steroid dienone is 1. The summed E-state index contributed by atoms with van der Waals surface area (Å²) in [4.78, 5) is 10.6. The quantitative estimate of drug-likeness (QED) is 0.521. The van der Waals surface area contributed by atoms with E-state index in [1.807, 2.05) is 12.1 Å². The lowest BCUT2D eigenvalue weighted by molar-refractivity contribution is -0.384. The highest BCUT2D eigenvalue weighted by atomic mass is 16.6. The Morgan fingerprint density at radius 3 is 3.11 bits per heavy atom. The van der Waals surface area contributed by atoms with E-state index >= 15 is 0 Å². The number of fused-ring (bicyclic) bond motifs is 3. The molecule has 3 rings (SSSR count). The lowest BCUT2D eigenvalue weighted by Gasteiger charge is -2.16. The summed E-state index contributed by atoms with van der Waals surface area (Å²) in [6, 6.07) is 5.09. The van der Waals surface area contributed by atoms with Crippen LogP contribution in [0.2, 0.25) is 0 Å². The molecule has 5 nitrogen and oxygen atoms in total. The van der Waals surface area contributed by atoms with Gasteiger partial charge in [-0.3, -0.25) is 10.1 Å². The smallest absolute Gasteiger partial charge is 0.270 e. The lowest BCUT2D eigenvalue weighted by atomic mass is 10.1. The predicted molar refractivity (Wildman–Crippen MR) is 74.2 cm³/mol. The van der Waals surface area contributed by atoms with Gasteiger partial charge in [-0.1, -0.05) is 6.08 Å². The summed E-state index contributed by atoms with van der Waals surface area (Å²) in [7, 11) is 0. The summed E-state index contributed by atoms with van der Waals surface area (Å²) in [5, 5.41) is 15.2. The average molecular weight is 257 g/mol. The Bertz CT molecular complexity index is 673. The first-order valence-electron chi connectivity index (χ1n) is 6.32. The molecule has 0 radical (unpaired) electrons. The van der Waals surface area contributed by atoms with E-state index in [9.17, 15) is 10.1 Å². The summed E-state index contributed by atoms with van der Waals surface area (Å²) >= 11 is 0. The van der Waals surface area contributed by atoms with Crippen LogP contribution >= 0.6 is 0 Å². The molecule has 98 valence electrons. The number of nitrogens with zero attached hydrogens (tertiary/aromatic N) is 2. The van der Waals surface area contributed by atoms with Gasteiger partial charge in [-0.25, -0.2) is 0 Å². The average Bonchev–Trinajstić information content (AvgIpc) is 2.74. The van der Waals surface area contributed by atoms with Crippen LogP contribution < -0.4 is 5.32 Å². The lowest BCUT2D eigenvalue weighted by Crippen LogP contribution is -2.24. The van der Waals surface area contributed by atoms with Gasteiger partial charge in [0.15, 0.2) is 0 Å². The van der Waals surface area contributed by atoms with E-state index < -0.39 is 0 Å². The fourth-order valence-corrected chi connectivity index (χ4v) is 2.82. The Balaban J connectivity index is 2.29. The van der Waals surface area contributed by atoms with Crippen molar-refractivity contribution in [1.29, 1.82) is 0 Å². The number of non-ortho nitro benzene ring substituents is 1. The molecule has 19 heavy (non-hydrogen) atoms. The van der Waals surface area contributed by atoms with Crippen molar-refractivity contribution >= 4 is 16.6 Å². The fourth-order valence-electron chi connectivity index (χ4n) is 2.82. The third-order valence-corrected chi connectivity index (χ3v) is 3.63. The van der Waals surface area contributed by atoms with Crippen LogP contribution in [0.3, 0.4) is 0 Å². The summed E-state index contributed by atoms with van der Waals surface area (Å²) in [5.74, 6) is 0. The number of nitrogens with one attached hydrogen (secondary N) is 1. The van der Waals surface area contributed by atoms with E-state index in [-0.39, 0.29) is 10.6 Å². The van der Waals surface area contributed by atoms with Gasteiger partial charge in [0.05, 0.1) is 4.92 Å². The summed E-state index contributed by atoms with van der Waals surface area (Å²) in [6.07, 6.45) is 2.81. The van der Waals surface area contributed by atoms with E-state index in [2.05, 4.69) is 16.5 Å². The second-order valence-corrected chi connectivity index (χ2v) is 4.71. The Hall–Kier alpha value is -2.14. The van der Waals surface area contributed by atoms with Crippen molar-refractivity contribution in [2.45, 2.75) is 19.5 Å². The molecule has 2 heterocycles. The SMILES string of the molecule is C=CCn1c2c(c3cc([N+](=O)[O-])ccc31)CNCC2. The molecule has 0 unspecified atom stereocenters. The van der Waals surface area contributed by atoms with Crippen molar-refractivity contribution in [2.75, 3.05) is 6.54 Å². The van der Waals surface area contributed by atoms with Crippen LogP contribution in [-0.4, -0.2) is 16.0 Å². The molecule has 0 spiro atoms. The molecule has 0 saturated heterocycles. The second-order valence-electron chi connectivity index (χ2n) is 4.71. The van der Waals surface area contributed by atoms with Gasteiger partial charge in [-0.05, 0) is 11.6 Å². The molecule has 0 aliphatic carbocycles. The van der Waals surface area contributed by atoms with Crippen molar-refractivity contribution in [3.8, 4) is 0 Å². The molecule has 2 aromatic rings. The van der Waals surface area contributed by atoms with Crippen LogP contribution in [0.15, 0.2) is 30.9 Å². The maximum Gasteiger partial charge on any atom is 0.270 e. The molecule has 0 amide bonds. The highest BCUT2D eigenvalue weighted by Crippen LogP contribution is 2.31. The number of hydrogen-bond donors (Lipinski definition) is 1. The van der Waals surface area contributed by atoms with E-state index in [1.165, 1.54) is 11.3 Å². The third kappa shape index (κ3) is 1.82. The van der Waals surface area contributed by atoms with Crippen molar-refractivity contribution in [3.05, 3.63) is 52.2 Å². The topological polar surface area (TPSA) is 60.1 Å². The minimum atomic E-state index is -0.340. The van der Waals surface area contributed by atoms with Crippen LogP contribution in [0, 0.1) is 10.1 Å². The van der Waals surface area contributed by atoms with Gasteiger partial charge in [0.1, 0.15) is 0 Å². The molecule has 0 bridgehead atoms. The zero-order valence-electron chi connectivity index (χ0n) is 10.6. The largest absolute Gasteiger partial charge is 0.340 e. The molecule has 1 aliphatic heterocycles. The minimum absolute atomic E-state index is 0.150. The zero-order chi connectivity index (χ0) is 13.4. The molecule has 0 fully saturated rings. The second kappa shape index (κ2) is 4.51. The maximum absolute atomic E-state index is 10.9. The van der Waals surface area contributed by atoms with Crippen molar-refractivity contribution in [1.82, 2.24) is 9.88 Å². The van der Waals surface area contributed by atoms with Crippen molar-refractivity contribution < 1.29 is 4.92 Å². The molecule has 1 N–H and O–H groups in total. The van der Waals surface area contributed by atoms with Gasteiger partial charge in [0.25, 0.3) is 5.69 Å². The van der Waals surface area contributed by atoms with Gasteiger partial charge in [-0.2, -0.15) is 0 Å². The molecular weight excluding hydrogens is 242 g/mol. The number of aromatic nitrogens is 1.